The first-order valence-corrected chi connectivity index (χ1v) is 13.4. The van der Waals surface area contributed by atoms with Crippen LogP contribution in [0.25, 0.3) is 32.2 Å². The summed E-state index contributed by atoms with van der Waals surface area (Å²) in [4.78, 5) is 26.5. The van der Waals surface area contributed by atoms with Crippen molar-refractivity contribution in [2.24, 2.45) is 5.41 Å². The van der Waals surface area contributed by atoms with E-state index in [1.807, 2.05) is 6.07 Å². The van der Waals surface area contributed by atoms with Crippen LogP contribution >= 0.6 is 11.3 Å². The first kappa shape index (κ1) is 26.2. The van der Waals surface area contributed by atoms with Crippen molar-refractivity contribution in [3.63, 3.8) is 0 Å². The van der Waals surface area contributed by atoms with Gasteiger partial charge in [-0.25, -0.2) is 18.7 Å². The highest BCUT2D eigenvalue weighted by molar-refractivity contribution is 7.23. The number of nitrogen functional groups attached to an aromatic ring is 1. The highest BCUT2D eigenvalue weighted by Crippen LogP contribution is 2.46. The van der Waals surface area contributed by atoms with Gasteiger partial charge in [0.15, 0.2) is 11.6 Å². The van der Waals surface area contributed by atoms with Gasteiger partial charge in [-0.05, 0) is 31.1 Å². The number of likely N-dealkylation sites (tertiary alicyclic amines) is 1. The molecule has 206 valence electrons. The molecule has 4 aromatic rings. The molecule has 2 atom stereocenters. The van der Waals surface area contributed by atoms with Crippen LogP contribution in [0.2, 0.25) is 0 Å². The minimum absolute atomic E-state index is 0.0958. The molecule has 0 amide bonds. The third kappa shape index (κ3) is 3.78. The molecule has 6 heterocycles. The number of hydrogen-bond donors (Lipinski definition) is 2. The molecule has 2 saturated heterocycles. The molecule has 1 unspecified atom stereocenters. The molecule has 1 aromatic carbocycles. The number of fused-ring (bicyclic) bond motifs is 5. The number of ether oxygens (including phenoxy) is 1. The van der Waals surface area contributed by atoms with Crippen molar-refractivity contribution in [3.8, 4) is 17.3 Å². The summed E-state index contributed by atoms with van der Waals surface area (Å²) in [5, 5.41) is 17.6. The Balaban J connectivity index is 0.000000925. The first-order chi connectivity index (χ1) is 19.2. The van der Waals surface area contributed by atoms with E-state index in [1.54, 1.807) is 6.20 Å². The Kier molecular flexibility index (Phi) is 6.29. The van der Waals surface area contributed by atoms with E-state index in [-0.39, 0.29) is 62.5 Å². The second-order valence-electron chi connectivity index (χ2n) is 10.6. The number of thiophene rings is 1. The number of nitrogens with two attached hydrogens (primary N) is 1. The van der Waals surface area contributed by atoms with E-state index in [0.29, 0.717) is 22.9 Å². The minimum Gasteiger partial charge on any atom is -0.483 e. The summed E-state index contributed by atoms with van der Waals surface area (Å²) >= 11 is 0.959. The molecule has 10 nitrogen and oxygen atoms in total. The van der Waals surface area contributed by atoms with E-state index in [1.165, 1.54) is 0 Å². The van der Waals surface area contributed by atoms with Crippen LogP contribution < -0.4 is 10.6 Å². The minimum atomic E-state index is -0.603. The van der Waals surface area contributed by atoms with Gasteiger partial charge in [-0.1, -0.05) is 6.92 Å². The number of nitrogens with zero attached hydrogens (tertiary/aromatic N) is 6. The summed E-state index contributed by atoms with van der Waals surface area (Å²) < 4.78 is 37.0. The van der Waals surface area contributed by atoms with Crippen LogP contribution in [0, 0.1) is 28.4 Å². The molecule has 13 heteroatoms. The maximum Gasteiger partial charge on any atom is 0.290 e. The number of carbonyl (C=O) groups is 1. The van der Waals surface area contributed by atoms with Crippen LogP contribution in [0.4, 0.5) is 19.7 Å². The molecule has 40 heavy (non-hydrogen) atoms. The Morgan fingerprint density at radius 1 is 1.30 bits per heavy atom. The fourth-order valence-electron chi connectivity index (χ4n) is 6.38. The van der Waals surface area contributed by atoms with Crippen LogP contribution in [-0.2, 0) is 22.7 Å². The van der Waals surface area contributed by atoms with Crippen molar-refractivity contribution in [3.05, 3.63) is 40.7 Å². The number of nitriles is 1. The van der Waals surface area contributed by atoms with E-state index in [4.69, 9.17) is 25.4 Å². The molecule has 3 aromatic heterocycles. The summed E-state index contributed by atoms with van der Waals surface area (Å²) in [7, 11) is 2.14. The lowest BCUT2D eigenvalue weighted by molar-refractivity contribution is -0.122. The average molecular weight is 566 g/mol. The van der Waals surface area contributed by atoms with Gasteiger partial charge in [-0.3, -0.25) is 9.78 Å². The molecule has 3 N–H and O–H groups in total. The zero-order chi connectivity index (χ0) is 28.3. The molecule has 3 aliphatic heterocycles. The Hall–Kier alpha value is -3.99. The Morgan fingerprint density at radius 2 is 2.05 bits per heavy atom. The Labute approximate surface area is 231 Å². The average Bonchev–Trinajstić information content (AvgIpc) is 3.69. The fraction of sp³-hybridized carbons (Fsp3) is 0.370. The zero-order valence-corrected chi connectivity index (χ0v) is 22.6. The smallest absolute Gasteiger partial charge is 0.290 e. The second kappa shape index (κ2) is 9.58. The van der Waals surface area contributed by atoms with Crippen LogP contribution in [0.15, 0.2) is 12.4 Å². The Bertz CT molecular complexity index is 1740. The van der Waals surface area contributed by atoms with Gasteiger partial charge in [0.1, 0.15) is 16.6 Å². The van der Waals surface area contributed by atoms with Gasteiger partial charge in [0.2, 0.25) is 5.95 Å². The third-order valence-corrected chi connectivity index (χ3v) is 9.36. The largest absolute Gasteiger partial charge is 0.483 e. The highest BCUT2D eigenvalue weighted by Gasteiger charge is 2.49. The lowest BCUT2D eigenvalue weighted by Crippen LogP contribution is -2.34. The number of halogens is 2. The van der Waals surface area contributed by atoms with Crippen molar-refractivity contribution in [2.75, 3.05) is 37.3 Å². The van der Waals surface area contributed by atoms with E-state index in [9.17, 15) is 9.65 Å². The maximum absolute atomic E-state index is 16.5. The summed E-state index contributed by atoms with van der Waals surface area (Å²) in [6.07, 6.45) is 3.82. The second-order valence-corrected chi connectivity index (χ2v) is 11.6. The van der Waals surface area contributed by atoms with Crippen LogP contribution in [0.3, 0.4) is 0 Å². The van der Waals surface area contributed by atoms with Gasteiger partial charge in [0.25, 0.3) is 6.47 Å². The molecule has 0 spiro atoms. The van der Waals surface area contributed by atoms with Gasteiger partial charge in [0.05, 0.1) is 35.4 Å². The standard InChI is InChI=1S/C26H23F2N7OS.CH2O2/c1-26-3-4-34(2)17(26)8-35(11-26)25-32-6-13-14-9-36-10-15(14)18(20(28)21(13)33-25)22-19-12(5-29)24(30)37-23(19)16(27)7-31-22;2-1-3/h6-7,17H,3-4,8-11,30H2,1-2H3;1H,(H,2,3)/t17?,26-;/m1./s1. The monoisotopic (exact) mass is 565 g/mol. The van der Waals surface area contributed by atoms with E-state index in [2.05, 4.69) is 33.7 Å². The van der Waals surface area contributed by atoms with E-state index >= 15 is 4.39 Å². The molecule has 7 rings (SSSR count). The van der Waals surface area contributed by atoms with Gasteiger partial charge in [0, 0.05) is 47.1 Å². The lowest BCUT2D eigenvalue weighted by atomic mass is 9.85. The fourth-order valence-corrected chi connectivity index (χ4v) is 7.30. The van der Waals surface area contributed by atoms with E-state index in [0.717, 1.165) is 49.2 Å². The predicted octanol–water partition coefficient (Wildman–Crippen LogP) is 3.90. The molecular weight excluding hydrogens is 540 g/mol. The number of pyridine rings is 1. The number of aromatic nitrogens is 3. The summed E-state index contributed by atoms with van der Waals surface area (Å²) in [6, 6.07) is 2.44. The quantitative estimate of drug-likeness (QED) is 0.344. The number of hydrogen-bond acceptors (Lipinski definition) is 10. The topological polar surface area (TPSA) is 141 Å². The summed E-state index contributed by atoms with van der Waals surface area (Å²) in [5.41, 5.74) is 8.17. The molecule has 0 aliphatic carbocycles. The van der Waals surface area contributed by atoms with Gasteiger partial charge >= 0.3 is 0 Å². The molecule has 0 saturated carbocycles. The number of benzene rings is 1. The molecule has 2 fully saturated rings. The van der Waals surface area contributed by atoms with Crippen molar-refractivity contribution in [1.82, 2.24) is 19.9 Å². The first-order valence-electron chi connectivity index (χ1n) is 12.6. The highest BCUT2D eigenvalue weighted by atomic mass is 32.1. The summed E-state index contributed by atoms with van der Waals surface area (Å²) in [5.74, 6) is -0.705. The van der Waals surface area contributed by atoms with E-state index < -0.39 is 11.6 Å². The van der Waals surface area contributed by atoms with Gasteiger partial charge in [-0.15, -0.1) is 11.3 Å². The number of anilines is 2. The molecular formula is C27H25F2N7O3S. The predicted molar refractivity (Wildman–Crippen MR) is 146 cm³/mol. The normalized spacial score (nSPS) is 21.8. The van der Waals surface area contributed by atoms with Crippen molar-refractivity contribution in [2.45, 2.75) is 32.6 Å². The summed E-state index contributed by atoms with van der Waals surface area (Å²) in [6.45, 7) is 5.12. The lowest BCUT2D eigenvalue weighted by Gasteiger charge is -2.24. The van der Waals surface area contributed by atoms with Crippen molar-refractivity contribution < 1.29 is 23.4 Å². The van der Waals surface area contributed by atoms with Crippen LogP contribution in [-0.4, -0.2) is 64.2 Å². The SMILES string of the molecule is CN1CC[C@]2(C)CN(c3ncc4c5c(c(-c6ncc(F)c7sc(N)c(C#N)c67)c(F)c4n3)COC5)CC12.O=CO. The Morgan fingerprint density at radius 3 is 2.77 bits per heavy atom. The molecule has 0 radical (unpaired) electrons. The van der Waals surface area contributed by atoms with Crippen LogP contribution in [0.1, 0.15) is 30.0 Å². The zero-order valence-electron chi connectivity index (χ0n) is 21.7. The van der Waals surface area contributed by atoms with Gasteiger partial charge in [-0.2, -0.15) is 5.26 Å². The van der Waals surface area contributed by atoms with Crippen molar-refractivity contribution >= 4 is 49.7 Å². The van der Waals surface area contributed by atoms with Crippen molar-refractivity contribution in [1.29, 1.82) is 5.26 Å². The number of likely N-dealkylation sites (N-methyl/N-ethyl adjacent to an activating group) is 1. The van der Waals surface area contributed by atoms with Crippen LogP contribution in [0.5, 0.6) is 0 Å². The maximum atomic E-state index is 16.5. The molecule has 3 aliphatic rings. The number of carboxylic acid groups (broad SMARTS) is 1. The van der Waals surface area contributed by atoms with Gasteiger partial charge < -0.3 is 25.4 Å². The third-order valence-electron chi connectivity index (χ3n) is 8.33. The number of rotatable bonds is 2. The molecule has 0 bridgehead atoms.